The van der Waals surface area contributed by atoms with Crippen LogP contribution in [0.3, 0.4) is 0 Å². The lowest BCUT2D eigenvalue weighted by Gasteiger charge is -2.19. The molecular formula is C9H9ClF3N. The zero-order valence-electron chi connectivity index (χ0n) is 7.48. The lowest BCUT2D eigenvalue weighted by molar-refractivity contribution is -0.240. The van der Waals surface area contributed by atoms with Crippen LogP contribution in [0.25, 0.3) is 0 Å². The Hall–Kier alpha value is -0.740. The summed E-state index contributed by atoms with van der Waals surface area (Å²) >= 11 is 5.64. The van der Waals surface area contributed by atoms with Crippen LogP contribution in [-0.2, 0) is 6.54 Å². The molecule has 0 aromatic heterocycles. The predicted octanol–water partition coefficient (Wildman–Crippen LogP) is 3.29. The Morgan fingerprint density at radius 2 is 2.00 bits per heavy atom. The van der Waals surface area contributed by atoms with Gasteiger partial charge in [0, 0.05) is 11.6 Å². The Labute approximate surface area is 85.1 Å². The van der Waals surface area contributed by atoms with E-state index >= 15 is 0 Å². The van der Waals surface area contributed by atoms with Gasteiger partial charge in [-0.05, 0) is 24.7 Å². The van der Waals surface area contributed by atoms with Crippen LogP contribution in [0.15, 0.2) is 24.3 Å². The molecule has 0 amide bonds. The van der Waals surface area contributed by atoms with Crippen molar-refractivity contribution in [1.82, 2.24) is 4.90 Å². The minimum atomic E-state index is -4.30. The first-order valence-corrected chi connectivity index (χ1v) is 4.30. The van der Waals surface area contributed by atoms with E-state index in [0.717, 1.165) is 7.05 Å². The molecule has 5 heteroatoms. The highest BCUT2D eigenvalue weighted by molar-refractivity contribution is 6.30. The van der Waals surface area contributed by atoms with Gasteiger partial charge >= 0.3 is 6.30 Å². The van der Waals surface area contributed by atoms with Crippen LogP contribution in [0.1, 0.15) is 5.56 Å². The molecule has 14 heavy (non-hydrogen) atoms. The highest BCUT2D eigenvalue weighted by atomic mass is 35.5. The predicted molar refractivity (Wildman–Crippen MR) is 49.0 cm³/mol. The average Bonchev–Trinajstić information content (AvgIpc) is 2.02. The van der Waals surface area contributed by atoms with Crippen molar-refractivity contribution in [3.8, 4) is 0 Å². The molecule has 78 valence electrons. The van der Waals surface area contributed by atoms with E-state index in [2.05, 4.69) is 0 Å². The summed E-state index contributed by atoms with van der Waals surface area (Å²) < 4.78 is 36.4. The van der Waals surface area contributed by atoms with E-state index < -0.39 is 6.30 Å². The van der Waals surface area contributed by atoms with Crippen molar-refractivity contribution in [3.05, 3.63) is 34.9 Å². The SMILES string of the molecule is CN(Cc1cccc(Cl)c1)C(F)(F)F. The van der Waals surface area contributed by atoms with Crippen molar-refractivity contribution in [3.63, 3.8) is 0 Å². The van der Waals surface area contributed by atoms with Gasteiger partial charge < -0.3 is 0 Å². The summed E-state index contributed by atoms with van der Waals surface area (Å²) in [5.41, 5.74) is 0.539. The van der Waals surface area contributed by atoms with Crippen molar-refractivity contribution in [2.45, 2.75) is 12.8 Å². The molecule has 0 spiro atoms. The Morgan fingerprint density at radius 3 is 2.50 bits per heavy atom. The second-order valence-corrected chi connectivity index (χ2v) is 3.39. The van der Waals surface area contributed by atoms with Gasteiger partial charge in [-0.3, -0.25) is 0 Å². The van der Waals surface area contributed by atoms with Gasteiger partial charge in [0.1, 0.15) is 0 Å². The lowest BCUT2D eigenvalue weighted by atomic mass is 10.2. The molecule has 0 atom stereocenters. The molecule has 0 radical (unpaired) electrons. The fourth-order valence-electron chi connectivity index (χ4n) is 0.999. The number of hydrogen-bond acceptors (Lipinski definition) is 1. The van der Waals surface area contributed by atoms with Crippen LogP contribution in [0, 0.1) is 0 Å². The monoisotopic (exact) mass is 223 g/mol. The second kappa shape index (κ2) is 4.19. The first-order chi connectivity index (χ1) is 6.39. The van der Waals surface area contributed by atoms with Crippen LogP contribution >= 0.6 is 11.6 Å². The van der Waals surface area contributed by atoms with Gasteiger partial charge in [0.15, 0.2) is 0 Å². The van der Waals surface area contributed by atoms with Crippen LogP contribution in [0.5, 0.6) is 0 Å². The summed E-state index contributed by atoms with van der Waals surface area (Å²) in [6.07, 6.45) is -4.30. The van der Waals surface area contributed by atoms with Gasteiger partial charge in [-0.2, -0.15) is 13.2 Å². The smallest absolute Gasteiger partial charge is 0.213 e. The first-order valence-electron chi connectivity index (χ1n) is 3.92. The molecule has 1 nitrogen and oxygen atoms in total. The van der Waals surface area contributed by atoms with Crippen LogP contribution < -0.4 is 0 Å². The fraction of sp³-hybridized carbons (Fsp3) is 0.333. The van der Waals surface area contributed by atoms with E-state index in [4.69, 9.17) is 11.6 Å². The lowest BCUT2D eigenvalue weighted by Crippen LogP contribution is -2.33. The van der Waals surface area contributed by atoms with Crippen molar-refractivity contribution >= 4 is 11.6 Å². The van der Waals surface area contributed by atoms with Gasteiger partial charge in [0.2, 0.25) is 0 Å². The first kappa shape index (κ1) is 11.3. The number of hydrogen-bond donors (Lipinski definition) is 0. The summed E-state index contributed by atoms with van der Waals surface area (Å²) in [5, 5.41) is 0.443. The molecule has 0 aliphatic carbocycles. The van der Waals surface area contributed by atoms with E-state index in [1.54, 1.807) is 18.2 Å². The third-order valence-corrected chi connectivity index (χ3v) is 1.98. The van der Waals surface area contributed by atoms with Gasteiger partial charge in [0.25, 0.3) is 0 Å². The largest absolute Gasteiger partial charge is 0.459 e. The van der Waals surface area contributed by atoms with Crippen LogP contribution in [0.4, 0.5) is 13.2 Å². The molecule has 0 aliphatic heterocycles. The number of alkyl halides is 3. The summed E-state index contributed by atoms with van der Waals surface area (Å²) in [6, 6.07) is 6.37. The zero-order valence-corrected chi connectivity index (χ0v) is 8.23. The second-order valence-electron chi connectivity index (χ2n) is 2.95. The van der Waals surface area contributed by atoms with Crippen molar-refractivity contribution in [2.24, 2.45) is 0 Å². The number of nitrogens with zero attached hydrogens (tertiary/aromatic N) is 1. The molecule has 0 saturated carbocycles. The molecule has 1 aromatic rings. The fourth-order valence-corrected chi connectivity index (χ4v) is 1.21. The molecule has 0 unspecified atom stereocenters. The van der Waals surface area contributed by atoms with Crippen LogP contribution in [0.2, 0.25) is 5.02 Å². The molecule has 0 heterocycles. The maximum atomic E-state index is 12.1. The van der Waals surface area contributed by atoms with E-state index in [1.807, 2.05) is 0 Å². The summed E-state index contributed by atoms with van der Waals surface area (Å²) in [7, 11) is 1.00. The van der Waals surface area contributed by atoms with E-state index in [9.17, 15) is 13.2 Å². The molecular weight excluding hydrogens is 215 g/mol. The summed E-state index contributed by atoms with van der Waals surface area (Å²) in [5.74, 6) is 0. The molecule has 1 aromatic carbocycles. The Balaban J connectivity index is 2.70. The zero-order chi connectivity index (χ0) is 10.8. The van der Waals surface area contributed by atoms with Gasteiger partial charge in [-0.1, -0.05) is 23.7 Å². The standard InChI is InChI=1S/C9H9ClF3N/c1-14(9(11,12)13)6-7-3-2-4-8(10)5-7/h2-5H,6H2,1H3. The third kappa shape index (κ3) is 3.20. The Morgan fingerprint density at radius 1 is 1.36 bits per heavy atom. The Bertz CT molecular complexity index is 311. The van der Waals surface area contributed by atoms with Crippen molar-refractivity contribution < 1.29 is 13.2 Å². The summed E-state index contributed by atoms with van der Waals surface area (Å²) in [6.45, 7) is -0.190. The molecule has 0 aliphatic rings. The van der Waals surface area contributed by atoms with E-state index in [1.165, 1.54) is 6.07 Å². The average molecular weight is 224 g/mol. The highest BCUT2D eigenvalue weighted by Crippen LogP contribution is 2.22. The normalized spacial score (nSPS) is 12.1. The van der Waals surface area contributed by atoms with Crippen LogP contribution in [-0.4, -0.2) is 18.2 Å². The summed E-state index contributed by atoms with van der Waals surface area (Å²) in [4.78, 5) is 0.304. The highest BCUT2D eigenvalue weighted by Gasteiger charge is 2.33. The quantitative estimate of drug-likeness (QED) is 0.696. The molecule has 0 N–H and O–H groups in total. The number of halogens is 4. The van der Waals surface area contributed by atoms with Gasteiger partial charge in [-0.25, -0.2) is 4.90 Å². The van der Waals surface area contributed by atoms with Gasteiger partial charge in [0.05, 0.1) is 0 Å². The molecule has 1 rings (SSSR count). The van der Waals surface area contributed by atoms with Gasteiger partial charge in [-0.15, -0.1) is 0 Å². The topological polar surface area (TPSA) is 3.24 Å². The number of benzene rings is 1. The maximum absolute atomic E-state index is 12.1. The molecule has 0 fully saturated rings. The van der Waals surface area contributed by atoms with Crippen molar-refractivity contribution in [1.29, 1.82) is 0 Å². The van der Waals surface area contributed by atoms with E-state index in [-0.39, 0.29) is 6.54 Å². The molecule has 0 saturated heterocycles. The molecule has 0 bridgehead atoms. The maximum Gasteiger partial charge on any atom is 0.459 e. The minimum Gasteiger partial charge on any atom is -0.213 e. The Kier molecular flexibility index (Phi) is 3.39. The minimum absolute atomic E-state index is 0.190. The number of rotatable bonds is 2. The van der Waals surface area contributed by atoms with E-state index in [0.29, 0.717) is 15.5 Å². The third-order valence-electron chi connectivity index (χ3n) is 1.74. The van der Waals surface area contributed by atoms with Crippen molar-refractivity contribution in [2.75, 3.05) is 7.05 Å².